The zero-order chi connectivity index (χ0) is 18.0. The molecule has 0 unspecified atom stereocenters. The zero-order valence-corrected chi connectivity index (χ0v) is 15.3. The highest BCUT2D eigenvalue weighted by molar-refractivity contribution is 7.16. The number of amides is 1. The number of thiazole rings is 1. The Balaban J connectivity index is 1.69. The summed E-state index contributed by atoms with van der Waals surface area (Å²) < 4.78 is 8.19. The molecule has 0 atom stereocenters. The second kappa shape index (κ2) is 7.11. The molecule has 3 aromatic rings. The van der Waals surface area contributed by atoms with E-state index in [1.54, 1.807) is 10.6 Å². The van der Waals surface area contributed by atoms with Gasteiger partial charge in [-0.2, -0.15) is 0 Å². The molecule has 1 amide bonds. The highest BCUT2D eigenvalue weighted by atomic mass is 32.1. The van der Waals surface area contributed by atoms with Crippen LogP contribution in [-0.4, -0.2) is 17.1 Å². The van der Waals surface area contributed by atoms with Crippen molar-refractivity contribution in [1.82, 2.24) is 4.57 Å². The first-order valence-electron chi connectivity index (χ1n) is 8.12. The highest BCUT2D eigenvalue weighted by Gasteiger charge is 2.10. The number of aromatic nitrogens is 1. The van der Waals surface area contributed by atoms with Crippen LogP contribution in [0, 0.1) is 13.8 Å². The Hall–Kier alpha value is -2.60. The van der Waals surface area contributed by atoms with E-state index >= 15 is 0 Å². The van der Waals surface area contributed by atoms with Crippen molar-refractivity contribution in [2.75, 3.05) is 11.9 Å². The van der Waals surface area contributed by atoms with E-state index in [4.69, 9.17) is 4.74 Å². The highest BCUT2D eigenvalue weighted by Crippen LogP contribution is 2.23. The minimum absolute atomic E-state index is 0.0132. The number of hydrogen-bond donors (Lipinski definition) is 1. The molecule has 3 rings (SSSR count). The van der Waals surface area contributed by atoms with Crippen molar-refractivity contribution in [2.45, 2.75) is 27.3 Å². The molecule has 1 N–H and O–H groups in total. The van der Waals surface area contributed by atoms with Gasteiger partial charge in [-0.25, -0.2) is 0 Å². The number of hydrogen-bond acceptors (Lipinski definition) is 4. The number of carbonyl (C=O) groups excluding carboxylic acids is 1. The van der Waals surface area contributed by atoms with Crippen LogP contribution in [0.5, 0.6) is 5.75 Å². The molecular weight excluding hydrogens is 336 g/mol. The van der Waals surface area contributed by atoms with Gasteiger partial charge in [-0.1, -0.05) is 23.5 Å². The van der Waals surface area contributed by atoms with Crippen LogP contribution in [0.3, 0.4) is 0 Å². The summed E-state index contributed by atoms with van der Waals surface area (Å²) in [7, 11) is 0. The first-order valence-corrected chi connectivity index (χ1v) is 8.93. The van der Waals surface area contributed by atoms with Crippen molar-refractivity contribution in [3.63, 3.8) is 0 Å². The Morgan fingerprint density at radius 1 is 1.24 bits per heavy atom. The van der Waals surface area contributed by atoms with Crippen molar-refractivity contribution >= 4 is 33.1 Å². The second-order valence-corrected chi connectivity index (χ2v) is 6.82. The van der Waals surface area contributed by atoms with Gasteiger partial charge in [0.25, 0.3) is 5.91 Å². The van der Waals surface area contributed by atoms with Crippen LogP contribution in [0.25, 0.3) is 10.2 Å². The lowest BCUT2D eigenvalue weighted by Crippen LogP contribution is -2.20. The molecule has 0 fully saturated rings. The summed E-state index contributed by atoms with van der Waals surface area (Å²) in [4.78, 5) is 24.1. The molecule has 0 saturated carbocycles. The van der Waals surface area contributed by atoms with Crippen molar-refractivity contribution in [3.8, 4) is 5.75 Å². The van der Waals surface area contributed by atoms with Gasteiger partial charge in [0.15, 0.2) is 6.61 Å². The van der Waals surface area contributed by atoms with E-state index in [0.29, 0.717) is 18.0 Å². The van der Waals surface area contributed by atoms with Gasteiger partial charge in [-0.15, -0.1) is 0 Å². The maximum absolute atomic E-state index is 12.1. The van der Waals surface area contributed by atoms with Crippen LogP contribution in [0.4, 0.5) is 5.69 Å². The molecule has 1 heterocycles. The lowest BCUT2D eigenvalue weighted by atomic mass is 10.1. The number of benzene rings is 2. The zero-order valence-electron chi connectivity index (χ0n) is 14.5. The van der Waals surface area contributed by atoms with Gasteiger partial charge in [0.2, 0.25) is 0 Å². The Labute approximate surface area is 149 Å². The standard InChI is InChI=1S/C19H20N2O3S/c1-4-21-15-9-8-14(10-17(15)25-19(21)23)20-18(22)11-24-16-7-5-6-12(2)13(16)3/h5-10H,4,11H2,1-3H3,(H,20,22). The summed E-state index contributed by atoms with van der Waals surface area (Å²) in [6.45, 7) is 6.48. The maximum Gasteiger partial charge on any atom is 0.308 e. The predicted molar refractivity (Wildman–Crippen MR) is 102 cm³/mol. The van der Waals surface area contributed by atoms with Gasteiger partial charge in [-0.3, -0.25) is 14.2 Å². The van der Waals surface area contributed by atoms with Crippen molar-refractivity contribution in [3.05, 3.63) is 57.2 Å². The molecule has 0 saturated heterocycles. The van der Waals surface area contributed by atoms with Crippen LogP contribution < -0.4 is 14.9 Å². The third kappa shape index (κ3) is 3.58. The molecule has 1 aromatic heterocycles. The summed E-state index contributed by atoms with van der Waals surface area (Å²) in [5.41, 5.74) is 3.70. The smallest absolute Gasteiger partial charge is 0.308 e. The molecule has 0 radical (unpaired) electrons. The number of aryl methyl sites for hydroxylation is 2. The van der Waals surface area contributed by atoms with E-state index < -0.39 is 0 Å². The van der Waals surface area contributed by atoms with E-state index in [0.717, 1.165) is 21.3 Å². The van der Waals surface area contributed by atoms with Crippen LogP contribution >= 0.6 is 11.3 Å². The Kier molecular flexibility index (Phi) is 4.90. The number of ether oxygens (including phenoxy) is 1. The van der Waals surface area contributed by atoms with Gasteiger partial charge in [0.1, 0.15) is 5.75 Å². The van der Waals surface area contributed by atoms with Crippen molar-refractivity contribution in [2.24, 2.45) is 0 Å². The fourth-order valence-corrected chi connectivity index (χ4v) is 3.66. The number of carbonyl (C=O) groups is 1. The molecule has 5 nitrogen and oxygen atoms in total. The number of rotatable bonds is 5. The molecule has 25 heavy (non-hydrogen) atoms. The van der Waals surface area contributed by atoms with E-state index in [1.807, 2.05) is 51.1 Å². The fourth-order valence-electron chi connectivity index (χ4n) is 2.66. The molecule has 0 aliphatic heterocycles. The van der Waals surface area contributed by atoms with Crippen LogP contribution in [0.1, 0.15) is 18.1 Å². The Morgan fingerprint density at radius 3 is 2.80 bits per heavy atom. The average Bonchev–Trinajstić information content (AvgIpc) is 2.90. The van der Waals surface area contributed by atoms with Gasteiger partial charge in [0, 0.05) is 12.2 Å². The third-order valence-electron chi connectivity index (χ3n) is 4.18. The largest absolute Gasteiger partial charge is 0.483 e. The summed E-state index contributed by atoms with van der Waals surface area (Å²) in [6, 6.07) is 11.2. The van der Waals surface area contributed by atoms with Gasteiger partial charge in [0.05, 0.1) is 10.2 Å². The molecule has 130 valence electrons. The molecule has 0 aliphatic carbocycles. The number of nitrogens with zero attached hydrogens (tertiary/aromatic N) is 1. The summed E-state index contributed by atoms with van der Waals surface area (Å²) in [5.74, 6) is 0.478. The average molecular weight is 356 g/mol. The van der Waals surface area contributed by atoms with Gasteiger partial charge >= 0.3 is 4.87 Å². The molecule has 6 heteroatoms. The predicted octanol–water partition coefficient (Wildman–Crippen LogP) is 3.72. The molecule has 0 aliphatic rings. The van der Waals surface area contributed by atoms with E-state index in [9.17, 15) is 9.59 Å². The second-order valence-electron chi connectivity index (χ2n) is 5.83. The van der Waals surface area contributed by atoms with Gasteiger partial charge in [-0.05, 0) is 56.2 Å². The lowest BCUT2D eigenvalue weighted by molar-refractivity contribution is -0.118. The third-order valence-corrected chi connectivity index (χ3v) is 5.12. The summed E-state index contributed by atoms with van der Waals surface area (Å²) >= 11 is 1.18. The van der Waals surface area contributed by atoms with Crippen molar-refractivity contribution < 1.29 is 9.53 Å². The van der Waals surface area contributed by atoms with Crippen molar-refractivity contribution in [1.29, 1.82) is 0 Å². The molecule has 0 bridgehead atoms. The minimum Gasteiger partial charge on any atom is -0.483 e. The first kappa shape index (κ1) is 17.2. The van der Waals surface area contributed by atoms with Crippen LogP contribution in [-0.2, 0) is 11.3 Å². The topological polar surface area (TPSA) is 60.3 Å². The number of fused-ring (bicyclic) bond motifs is 1. The molecule has 0 spiro atoms. The lowest BCUT2D eigenvalue weighted by Gasteiger charge is -2.11. The van der Waals surface area contributed by atoms with Crippen LogP contribution in [0.2, 0.25) is 0 Å². The number of anilines is 1. The van der Waals surface area contributed by atoms with Gasteiger partial charge < -0.3 is 10.1 Å². The normalized spacial score (nSPS) is 10.8. The maximum atomic E-state index is 12.1. The molecule has 2 aromatic carbocycles. The Morgan fingerprint density at radius 2 is 2.04 bits per heavy atom. The SMILES string of the molecule is CCn1c(=O)sc2cc(NC(=O)COc3cccc(C)c3C)ccc21. The summed E-state index contributed by atoms with van der Waals surface area (Å²) in [6.07, 6.45) is 0. The monoisotopic (exact) mass is 356 g/mol. The summed E-state index contributed by atoms with van der Waals surface area (Å²) in [5, 5.41) is 2.82. The van der Waals surface area contributed by atoms with E-state index in [-0.39, 0.29) is 17.4 Å². The first-order chi connectivity index (χ1) is 12.0. The fraction of sp³-hybridized carbons (Fsp3) is 0.263. The van der Waals surface area contributed by atoms with Crippen LogP contribution in [0.15, 0.2) is 41.2 Å². The van der Waals surface area contributed by atoms with E-state index in [2.05, 4.69) is 5.32 Å². The Bertz CT molecular complexity index is 988. The quantitative estimate of drug-likeness (QED) is 0.758. The number of nitrogens with one attached hydrogen (secondary N) is 1. The van der Waals surface area contributed by atoms with E-state index in [1.165, 1.54) is 11.3 Å². The minimum atomic E-state index is -0.234. The molecular formula is C19H20N2O3S.